The molecule has 1 N–H and O–H groups in total. The summed E-state index contributed by atoms with van der Waals surface area (Å²) >= 11 is 3.32. The third-order valence-electron chi connectivity index (χ3n) is 2.32. The molecule has 1 aliphatic heterocycles. The molecule has 0 spiro atoms. The summed E-state index contributed by atoms with van der Waals surface area (Å²) in [7, 11) is 0. The summed E-state index contributed by atoms with van der Waals surface area (Å²) in [4.78, 5) is 11.5. The molecule has 0 fully saturated rings. The fourth-order valence-electron chi connectivity index (χ4n) is 1.69. The molecule has 1 aromatic carbocycles. The molecule has 0 aliphatic carbocycles. The van der Waals surface area contributed by atoms with Gasteiger partial charge in [0.2, 0.25) is 0 Å². The molecule has 0 saturated heterocycles. The Morgan fingerprint density at radius 2 is 2.29 bits per heavy atom. The minimum atomic E-state index is -0.451. The van der Waals surface area contributed by atoms with Crippen LogP contribution in [0.1, 0.15) is 22.8 Å². The van der Waals surface area contributed by atoms with Crippen LogP contribution >= 0.6 is 15.9 Å². The number of hydrogen-bond donors (Lipinski definition) is 1. The Hall–Kier alpha value is -0.900. The van der Waals surface area contributed by atoms with Crippen LogP contribution < -0.4 is 5.32 Å². The number of carbonyl (C=O) groups is 1. The van der Waals surface area contributed by atoms with Crippen molar-refractivity contribution in [1.82, 2.24) is 5.32 Å². The van der Waals surface area contributed by atoms with Crippen LogP contribution in [0.3, 0.4) is 0 Å². The molecule has 1 atom stereocenters. The smallest absolute Gasteiger partial charge is 0.254 e. The summed E-state index contributed by atoms with van der Waals surface area (Å²) in [6, 6.07) is 3.01. The van der Waals surface area contributed by atoms with E-state index in [1.807, 2.05) is 6.92 Å². The quantitative estimate of drug-likeness (QED) is 0.759. The monoisotopic (exact) mass is 257 g/mol. The molecule has 0 aromatic heterocycles. The van der Waals surface area contributed by atoms with Crippen molar-refractivity contribution < 1.29 is 9.18 Å². The zero-order valence-electron chi connectivity index (χ0n) is 7.60. The largest absolute Gasteiger partial charge is 0.349 e. The maximum atomic E-state index is 13.3. The van der Waals surface area contributed by atoms with Crippen molar-refractivity contribution in [2.75, 3.05) is 0 Å². The molecule has 0 saturated carbocycles. The van der Waals surface area contributed by atoms with E-state index in [4.69, 9.17) is 0 Å². The average molecular weight is 258 g/mol. The maximum Gasteiger partial charge on any atom is 0.254 e. The van der Waals surface area contributed by atoms with Gasteiger partial charge in [0.25, 0.3) is 5.91 Å². The Morgan fingerprint density at radius 3 is 3.00 bits per heavy atom. The van der Waals surface area contributed by atoms with E-state index in [2.05, 4.69) is 21.2 Å². The fourth-order valence-corrected chi connectivity index (χ4v) is 2.18. The van der Waals surface area contributed by atoms with Crippen molar-refractivity contribution in [3.63, 3.8) is 0 Å². The second-order valence-corrected chi connectivity index (χ2v) is 4.32. The molecule has 1 aliphatic rings. The van der Waals surface area contributed by atoms with Gasteiger partial charge in [-0.3, -0.25) is 4.79 Å². The molecule has 1 unspecified atom stereocenters. The molecule has 4 heteroatoms. The van der Waals surface area contributed by atoms with Gasteiger partial charge in [-0.25, -0.2) is 4.39 Å². The molecule has 0 radical (unpaired) electrons. The van der Waals surface area contributed by atoms with Gasteiger partial charge in [0.15, 0.2) is 0 Å². The predicted molar refractivity (Wildman–Crippen MR) is 54.7 cm³/mol. The summed E-state index contributed by atoms with van der Waals surface area (Å²) in [6.45, 7) is 1.90. The lowest BCUT2D eigenvalue weighted by atomic mass is 9.96. The lowest BCUT2D eigenvalue weighted by molar-refractivity contribution is 0.0924. The van der Waals surface area contributed by atoms with Gasteiger partial charge in [0.1, 0.15) is 5.82 Å². The van der Waals surface area contributed by atoms with Crippen LogP contribution in [-0.4, -0.2) is 11.9 Å². The van der Waals surface area contributed by atoms with Crippen LogP contribution in [0.15, 0.2) is 16.6 Å². The minimum Gasteiger partial charge on any atom is -0.349 e. The van der Waals surface area contributed by atoms with E-state index in [1.54, 1.807) is 6.07 Å². The molecule has 2 rings (SSSR count). The standard InChI is InChI=1S/C10H9BrFNO/c1-5-4-6-7(11)2-3-8(12)9(6)10(14)13-5/h2-3,5H,4H2,1H3,(H,13,14). The van der Waals surface area contributed by atoms with Crippen LogP contribution in [0.4, 0.5) is 4.39 Å². The number of benzene rings is 1. The minimum absolute atomic E-state index is 0.0631. The first-order valence-corrected chi connectivity index (χ1v) is 5.16. The first-order valence-electron chi connectivity index (χ1n) is 4.37. The van der Waals surface area contributed by atoms with Gasteiger partial charge in [-0.05, 0) is 31.0 Å². The van der Waals surface area contributed by atoms with Crippen molar-refractivity contribution in [3.05, 3.63) is 33.5 Å². The molecule has 14 heavy (non-hydrogen) atoms. The Bertz CT molecular complexity index is 405. The Labute approximate surface area is 89.6 Å². The Morgan fingerprint density at radius 1 is 1.57 bits per heavy atom. The topological polar surface area (TPSA) is 29.1 Å². The number of halogens is 2. The number of rotatable bonds is 0. The zero-order valence-corrected chi connectivity index (χ0v) is 9.19. The number of fused-ring (bicyclic) bond motifs is 1. The molecule has 1 amide bonds. The summed E-state index contributed by atoms with van der Waals surface area (Å²) in [5, 5.41) is 2.70. The summed E-state index contributed by atoms with van der Waals surface area (Å²) in [5.74, 6) is -0.773. The van der Waals surface area contributed by atoms with Crippen molar-refractivity contribution in [3.8, 4) is 0 Å². The van der Waals surface area contributed by atoms with Gasteiger partial charge in [-0.1, -0.05) is 15.9 Å². The van der Waals surface area contributed by atoms with E-state index in [0.29, 0.717) is 6.42 Å². The highest BCUT2D eigenvalue weighted by molar-refractivity contribution is 9.10. The normalized spacial score (nSPS) is 20.2. The van der Waals surface area contributed by atoms with Crippen LogP contribution in [-0.2, 0) is 6.42 Å². The average Bonchev–Trinajstić information content (AvgIpc) is 2.10. The van der Waals surface area contributed by atoms with E-state index >= 15 is 0 Å². The molecular weight excluding hydrogens is 249 g/mol. The lowest BCUT2D eigenvalue weighted by Crippen LogP contribution is -2.40. The summed E-state index contributed by atoms with van der Waals surface area (Å²) in [6.07, 6.45) is 0.666. The van der Waals surface area contributed by atoms with E-state index in [0.717, 1.165) is 10.0 Å². The number of amides is 1. The first-order chi connectivity index (χ1) is 6.59. The van der Waals surface area contributed by atoms with Gasteiger partial charge in [0.05, 0.1) is 5.56 Å². The van der Waals surface area contributed by atoms with Gasteiger partial charge < -0.3 is 5.32 Å². The SMILES string of the molecule is CC1Cc2c(Br)ccc(F)c2C(=O)N1. The number of nitrogens with one attached hydrogen (secondary N) is 1. The third-order valence-corrected chi connectivity index (χ3v) is 3.06. The summed E-state index contributed by atoms with van der Waals surface area (Å²) in [5.41, 5.74) is 0.943. The van der Waals surface area contributed by atoms with Crippen molar-refractivity contribution >= 4 is 21.8 Å². The number of carbonyl (C=O) groups excluding carboxylic acids is 1. The zero-order chi connectivity index (χ0) is 10.3. The Balaban J connectivity index is 2.63. The predicted octanol–water partition coefficient (Wildman–Crippen LogP) is 2.26. The molecule has 1 heterocycles. The highest BCUT2D eigenvalue weighted by Crippen LogP contribution is 2.27. The van der Waals surface area contributed by atoms with Crippen LogP contribution in [0.2, 0.25) is 0 Å². The van der Waals surface area contributed by atoms with Gasteiger partial charge >= 0.3 is 0 Å². The number of hydrogen-bond acceptors (Lipinski definition) is 1. The van der Waals surface area contributed by atoms with E-state index < -0.39 is 5.82 Å². The highest BCUT2D eigenvalue weighted by Gasteiger charge is 2.26. The second kappa shape index (κ2) is 3.35. The van der Waals surface area contributed by atoms with Gasteiger partial charge in [-0.2, -0.15) is 0 Å². The summed E-state index contributed by atoms with van der Waals surface area (Å²) < 4.78 is 14.1. The molecule has 2 nitrogen and oxygen atoms in total. The van der Waals surface area contributed by atoms with Crippen LogP contribution in [0, 0.1) is 5.82 Å². The molecule has 0 bridgehead atoms. The van der Waals surface area contributed by atoms with E-state index in [1.165, 1.54) is 6.07 Å². The second-order valence-electron chi connectivity index (χ2n) is 3.46. The van der Waals surface area contributed by atoms with Gasteiger partial charge in [-0.15, -0.1) is 0 Å². The fraction of sp³-hybridized carbons (Fsp3) is 0.300. The Kier molecular flexibility index (Phi) is 2.31. The third kappa shape index (κ3) is 1.43. The van der Waals surface area contributed by atoms with Crippen LogP contribution in [0.5, 0.6) is 0 Å². The van der Waals surface area contributed by atoms with E-state index in [-0.39, 0.29) is 17.5 Å². The highest BCUT2D eigenvalue weighted by atomic mass is 79.9. The van der Waals surface area contributed by atoms with Crippen molar-refractivity contribution in [2.45, 2.75) is 19.4 Å². The van der Waals surface area contributed by atoms with Gasteiger partial charge in [0, 0.05) is 10.5 Å². The lowest BCUT2D eigenvalue weighted by Gasteiger charge is -2.23. The molecule has 74 valence electrons. The van der Waals surface area contributed by atoms with Crippen molar-refractivity contribution in [1.29, 1.82) is 0 Å². The molecular formula is C10H9BrFNO. The maximum absolute atomic E-state index is 13.3. The van der Waals surface area contributed by atoms with Crippen LogP contribution in [0.25, 0.3) is 0 Å². The first kappa shape index (κ1) is 9.65. The van der Waals surface area contributed by atoms with E-state index in [9.17, 15) is 9.18 Å². The molecule has 1 aromatic rings. The van der Waals surface area contributed by atoms with Crippen molar-refractivity contribution in [2.24, 2.45) is 0 Å².